The normalized spacial score (nSPS) is 10.8. The second kappa shape index (κ2) is 5.73. The molecule has 0 aliphatic rings. The first-order chi connectivity index (χ1) is 8.72. The third-order valence-corrected chi connectivity index (χ3v) is 2.66. The second-order valence-electron chi connectivity index (χ2n) is 4.07. The molecule has 2 aromatic rings. The van der Waals surface area contributed by atoms with Crippen molar-refractivity contribution < 1.29 is 8.78 Å². The van der Waals surface area contributed by atoms with Crippen LogP contribution in [0.3, 0.4) is 0 Å². The summed E-state index contributed by atoms with van der Waals surface area (Å²) in [6.07, 6.45) is 2.64. The van der Waals surface area contributed by atoms with Gasteiger partial charge in [0.2, 0.25) is 0 Å². The van der Waals surface area contributed by atoms with Gasteiger partial charge in [-0.25, -0.2) is 8.78 Å². The molecule has 0 spiro atoms. The third kappa shape index (κ3) is 2.73. The lowest BCUT2D eigenvalue weighted by Gasteiger charge is -2.06. The van der Waals surface area contributed by atoms with Gasteiger partial charge in [-0.15, -0.1) is 0 Å². The zero-order valence-corrected chi connectivity index (χ0v) is 10.1. The first kappa shape index (κ1) is 12.7. The van der Waals surface area contributed by atoms with Crippen LogP contribution in [0.15, 0.2) is 24.4 Å². The van der Waals surface area contributed by atoms with E-state index in [1.165, 1.54) is 6.07 Å². The molecule has 5 heteroatoms. The number of rotatable bonds is 5. The fourth-order valence-electron chi connectivity index (χ4n) is 1.77. The summed E-state index contributed by atoms with van der Waals surface area (Å²) in [5, 5.41) is 9.82. The molecule has 18 heavy (non-hydrogen) atoms. The van der Waals surface area contributed by atoms with E-state index in [9.17, 15) is 8.78 Å². The van der Waals surface area contributed by atoms with Gasteiger partial charge in [0.05, 0.1) is 11.9 Å². The van der Waals surface area contributed by atoms with Crippen LogP contribution in [0, 0.1) is 11.6 Å². The molecule has 0 saturated heterocycles. The van der Waals surface area contributed by atoms with Gasteiger partial charge in [-0.3, -0.25) is 5.10 Å². The minimum atomic E-state index is -0.464. The van der Waals surface area contributed by atoms with Crippen molar-refractivity contribution in [1.82, 2.24) is 15.5 Å². The van der Waals surface area contributed by atoms with E-state index in [4.69, 9.17) is 0 Å². The molecule has 0 bridgehead atoms. The highest BCUT2D eigenvalue weighted by atomic mass is 19.1. The number of benzene rings is 1. The first-order valence-electron chi connectivity index (χ1n) is 5.90. The maximum absolute atomic E-state index is 13.7. The van der Waals surface area contributed by atoms with Gasteiger partial charge in [0.1, 0.15) is 11.6 Å². The monoisotopic (exact) mass is 251 g/mol. The molecule has 0 amide bonds. The number of hydrogen-bond acceptors (Lipinski definition) is 2. The Morgan fingerprint density at radius 2 is 2.17 bits per heavy atom. The predicted octanol–water partition coefficient (Wildman–Crippen LogP) is 2.85. The molecule has 96 valence electrons. The Labute approximate surface area is 104 Å². The van der Waals surface area contributed by atoms with Crippen LogP contribution in [-0.4, -0.2) is 16.7 Å². The van der Waals surface area contributed by atoms with Gasteiger partial charge in [-0.2, -0.15) is 5.10 Å². The standard InChI is InChI=1S/C13H15F2N3/c1-2-5-16-7-9-8-17-18-13(9)11-6-10(14)3-4-12(11)15/h3-4,6,8,16H,2,5,7H2,1H3,(H,17,18). The number of nitrogens with zero attached hydrogens (tertiary/aromatic N) is 1. The summed E-state index contributed by atoms with van der Waals surface area (Å²) in [7, 11) is 0. The molecule has 0 fully saturated rings. The van der Waals surface area contributed by atoms with E-state index in [0.29, 0.717) is 12.2 Å². The van der Waals surface area contributed by atoms with Crippen molar-refractivity contribution in [3.8, 4) is 11.3 Å². The fraction of sp³-hybridized carbons (Fsp3) is 0.308. The van der Waals surface area contributed by atoms with Gasteiger partial charge >= 0.3 is 0 Å². The molecule has 2 N–H and O–H groups in total. The van der Waals surface area contributed by atoms with Crippen molar-refractivity contribution in [3.05, 3.63) is 41.6 Å². The molecule has 0 aliphatic carbocycles. The maximum Gasteiger partial charge on any atom is 0.132 e. The smallest absolute Gasteiger partial charge is 0.132 e. The van der Waals surface area contributed by atoms with E-state index >= 15 is 0 Å². The van der Waals surface area contributed by atoms with Crippen molar-refractivity contribution in [2.45, 2.75) is 19.9 Å². The molecular formula is C13H15F2N3. The lowest BCUT2D eigenvalue weighted by Crippen LogP contribution is -2.14. The van der Waals surface area contributed by atoms with Gasteiger partial charge < -0.3 is 5.32 Å². The van der Waals surface area contributed by atoms with Crippen LogP contribution in [-0.2, 0) is 6.54 Å². The average molecular weight is 251 g/mol. The van der Waals surface area contributed by atoms with E-state index in [0.717, 1.165) is 30.7 Å². The summed E-state index contributed by atoms with van der Waals surface area (Å²) in [5.74, 6) is -0.925. The topological polar surface area (TPSA) is 40.7 Å². The van der Waals surface area contributed by atoms with E-state index in [2.05, 4.69) is 22.4 Å². The molecule has 0 unspecified atom stereocenters. The van der Waals surface area contributed by atoms with E-state index < -0.39 is 11.6 Å². The molecule has 1 aromatic carbocycles. The van der Waals surface area contributed by atoms with Crippen molar-refractivity contribution in [1.29, 1.82) is 0 Å². The number of aromatic nitrogens is 2. The second-order valence-corrected chi connectivity index (χ2v) is 4.07. The zero-order valence-electron chi connectivity index (χ0n) is 10.1. The first-order valence-corrected chi connectivity index (χ1v) is 5.90. The molecule has 3 nitrogen and oxygen atoms in total. The Morgan fingerprint density at radius 1 is 1.33 bits per heavy atom. The summed E-state index contributed by atoms with van der Waals surface area (Å²) in [6.45, 7) is 3.52. The van der Waals surface area contributed by atoms with Crippen molar-refractivity contribution in [2.75, 3.05) is 6.54 Å². The Bertz CT molecular complexity index is 523. The number of nitrogens with one attached hydrogen (secondary N) is 2. The number of aromatic amines is 1. The average Bonchev–Trinajstić information content (AvgIpc) is 2.81. The summed E-state index contributed by atoms with van der Waals surface area (Å²) in [4.78, 5) is 0. The van der Waals surface area contributed by atoms with E-state index in [1.807, 2.05) is 0 Å². The van der Waals surface area contributed by atoms with Crippen molar-refractivity contribution in [3.63, 3.8) is 0 Å². The third-order valence-electron chi connectivity index (χ3n) is 2.66. The van der Waals surface area contributed by atoms with Crippen LogP contribution in [0.4, 0.5) is 8.78 Å². The molecule has 0 saturated carbocycles. The zero-order chi connectivity index (χ0) is 13.0. The lowest BCUT2D eigenvalue weighted by molar-refractivity contribution is 0.602. The molecule has 1 heterocycles. The Kier molecular flexibility index (Phi) is 4.04. The van der Waals surface area contributed by atoms with Gasteiger partial charge in [0.25, 0.3) is 0 Å². The van der Waals surface area contributed by atoms with Crippen molar-refractivity contribution in [2.24, 2.45) is 0 Å². The van der Waals surface area contributed by atoms with Gasteiger partial charge in [-0.05, 0) is 31.2 Å². The highest BCUT2D eigenvalue weighted by Crippen LogP contribution is 2.24. The van der Waals surface area contributed by atoms with Crippen LogP contribution >= 0.6 is 0 Å². The number of H-pyrrole nitrogens is 1. The minimum Gasteiger partial charge on any atom is -0.313 e. The molecule has 2 rings (SSSR count). The summed E-state index contributed by atoms with van der Waals surface area (Å²) in [5.41, 5.74) is 1.56. The van der Waals surface area contributed by atoms with E-state index in [1.54, 1.807) is 6.20 Å². The molecule has 1 aromatic heterocycles. The fourth-order valence-corrected chi connectivity index (χ4v) is 1.77. The Hall–Kier alpha value is -1.75. The van der Waals surface area contributed by atoms with Gasteiger partial charge in [0, 0.05) is 17.7 Å². The SMILES string of the molecule is CCCNCc1cn[nH]c1-c1cc(F)ccc1F. The quantitative estimate of drug-likeness (QED) is 0.802. The van der Waals surface area contributed by atoms with Crippen LogP contribution in [0.25, 0.3) is 11.3 Å². The minimum absolute atomic E-state index is 0.209. The summed E-state index contributed by atoms with van der Waals surface area (Å²) in [6, 6.07) is 3.39. The molecule has 0 radical (unpaired) electrons. The summed E-state index contributed by atoms with van der Waals surface area (Å²) >= 11 is 0. The largest absolute Gasteiger partial charge is 0.313 e. The number of hydrogen-bond donors (Lipinski definition) is 2. The lowest BCUT2D eigenvalue weighted by atomic mass is 10.1. The molecule has 0 atom stereocenters. The van der Waals surface area contributed by atoms with Crippen LogP contribution in [0.1, 0.15) is 18.9 Å². The molecular weight excluding hydrogens is 236 g/mol. The van der Waals surface area contributed by atoms with Crippen LogP contribution < -0.4 is 5.32 Å². The maximum atomic E-state index is 13.7. The Morgan fingerprint density at radius 3 is 2.94 bits per heavy atom. The van der Waals surface area contributed by atoms with Gasteiger partial charge in [0.15, 0.2) is 0 Å². The van der Waals surface area contributed by atoms with Crippen LogP contribution in [0.5, 0.6) is 0 Å². The number of halogens is 2. The highest BCUT2D eigenvalue weighted by molar-refractivity contribution is 5.63. The summed E-state index contributed by atoms with van der Waals surface area (Å²) < 4.78 is 26.8. The van der Waals surface area contributed by atoms with Gasteiger partial charge in [-0.1, -0.05) is 6.92 Å². The predicted molar refractivity (Wildman–Crippen MR) is 65.9 cm³/mol. The van der Waals surface area contributed by atoms with Crippen molar-refractivity contribution >= 4 is 0 Å². The molecule has 0 aliphatic heterocycles. The van der Waals surface area contributed by atoms with E-state index in [-0.39, 0.29) is 5.56 Å². The van der Waals surface area contributed by atoms with Crippen LogP contribution in [0.2, 0.25) is 0 Å². The Balaban J connectivity index is 2.27. The highest BCUT2D eigenvalue weighted by Gasteiger charge is 2.12.